The number of aliphatic imine (C=N–C) groups is 1. The summed E-state index contributed by atoms with van der Waals surface area (Å²) >= 11 is 5.61. The normalized spacial score (nSPS) is 11.1. The van der Waals surface area contributed by atoms with Gasteiger partial charge in [0, 0.05) is 5.56 Å². The minimum atomic E-state index is -0.250. The van der Waals surface area contributed by atoms with E-state index < -0.39 is 0 Å². The van der Waals surface area contributed by atoms with Crippen molar-refractivity contribution in [3.63, 3.8) is 0 Å². The standard InChI is InChI=1S/C21H18ClN3O2/c22-14-20(23)24-16-12-10-15(11-13-16)21(26)25-18-8-4-5-9-19(18)27-17-6-2-1-3-7-17/h1-13H,14H2,(H2,23,24)(H,25,26). The topological polar surface area (TPSA) is 76.7 Å². The first kappa shape index (κ1) is 18.5. The van der Waals surface area contributed by atoms with Crippen LogP contribution in [-0.4, -0.2) is 17.6 Å². The molecule has 0 aliphatic carbocycles. The van der Waals surface area contributed by atoms with E-state index in [0.717, 1.165) is 0 Å². The highest BCUT2D eigenvalue weighted by atomic mass is 35.5. The summed E-state index contributed by atoms with van der Waals surface area (Å²) in [6.07, 6.45) is 0. The number of para-hydroxylation sites is 3. The number of hydrogen-bond donors (Lipinski definition) is 2. The van der Waals surface area contributed by atoms with Crippen molar-refractivity contribution in [1.82, 2.24) is 0 Å². The number of ether oxygens (including phenoxy) is 1. The van der Waals surface area contributed by atoms with Crippen molar-refractivity contribution in [2.24, 2.45) is 10.7 Å². The van der Waals surface area contributed by atoms with E-state index in [2.05, 4.69) is 10.3 Å². The van der Waals surface area contributed by atoms with Crippen molar-refractivity contribution < 1.29 is 9.53 Å². The van der Waals surface area contributed by atoms with E-state index in [1.165, 1.54) is 0 Å². The molecule has 136 valence electrons. The smallest absolute Gasteiger partial charge is 0.255 e. The second-order valence-corrected chi connectivity index (χ2v) is 5.92. The number of anilines is 1. The van der Waals surface area contributed by atoms with Gasteiger partial charge in [-0.25, -0.2) is 4.99 Å². The summed E-state index contributed by atoms with van der Waals surface area (Å²) in [5.74, 6) is 1.48. The first-order valence-corrected chi connectivity index (χ1v) is 8.81. The number of nitrogens with two attached hydrogens (primary N) is 1. The van der Waals surface area contributed by atoms with E-state index in [-0.39, 0.29) is 11.8 Å². The predicted molar refractivity (Wildman–Crippen MR) is 109 cm³/mol. The maximum Gasteiger partial charge on any atom is 0.255 e. The number of halogens is 1. The Kier molecular flexibility index (Phi) is 6.07. The molecule has 0 unspecified atom stereocenters. The minimum Gasteiger partial charge on any atom is -0.455 e. The highest BCUT2D eigenvalue weighted by molar-refractivity contribution is 6.28. The lowest BCUT2D eigenvalue weighted by Gasteiger charge is -2.12. The van der Waals surface area contributed by atoms with Gasteiger partial charge in [-0.2, -0.15) is 0 Å². The van der Waals surface area contributed by atoms with E-state index >= 15 is 0 Å². The summed E-state index contributed by atoms with van der Waals surface area (Å²) in [5.41, 5.74) is 7.32. The number of rotatable bonds is 6. The zero-order valence-corrected chi connectivity index (χ0v) is 15.2. The maximum atomic E-state index is 12.6. The molecule has 6 heteroatoms. The first-order chi connectivity index (χ1) is 13.2. The first-order valence-electron chi connectivity index (χ1n) is 8.28. The zero-order chi connectivity index (χ0) is 19.1. The molecule has 0 radical (unpaired) electrons. The van der Waals surface area contributed by atoms with Crippen molar-refractivity contribution in [2.75, 3.05) is 11.2 Å². The molecule has 5 nitrogen and oxygen atoms in total. The van der Waals surface area contributed by atoms with Crippen LogP contribution >= 0.6 is 11.6 Å². The van der Waals surface area contributed by atoms with E-state index in [4.69, 9.17) is 22.1 Å². The number of hydrogen-bond acceptors (Lipinski definition) is 3. The lowest BCUT2D eigenvalue weighted by atomic mass is 10.2. The third-order valence-electron chi connectivity index (χ3n) is 3.65. The van der Waals surface area contributed by atoms with Gasteiger partial charge in [-0.15, -0.1) is 11.6 Å². The Bertz CT molecular complexity index is 941. The highest BCUT2D eigenvalue weighted by Crippen LogP contribution is 2.29. The van der Waals surface area contributed by atoms with Gasteiger partial charge in [0.1, 0.15) is 11.6 Å². The number of amidine groups is 1. The molecule has 3 aromatic rings. The van der Waals surface area contributed by atoms with Crippen LogP contribution in [0.25, 0.3) is 0 Å². The molecule has 27 heavy (non-hydrogen) atoms. The van der Waals surface area contributed by atoms with Crippen molar-refractivity contribution in [2.45, 2.75) is 0 Å². The van der Waals surface area contributed by atoms with E-state index in [1.54, 1.807) is 36.4 Å². The number of carbonyl (C=O) groups is 1. The maximum absolute atomic E-state index is 12.6. The number of carbonyl (C=O) groups excluding carboxylic acids is 1. The van der Waals surface area contributed by atoms with Crippen LogP contribution < -0.4 is 15.8 Å². The molecule has 3 aromatic carbocycles. The molecule has 0 bridgehead atoms. The second kappa shape index (κ2) is 8.87. The van der Waals surface area contributed by atoms with Gasteiger partial charge in [0.25, 0.3) is 5.91 Å². The zero-order valence-electron chi connectivity index (χ0n) is 14.4. The minimum absolute atomic E-state index is 0.153. The Labute approximate surface area is 162 Å². The van der Waals surface area contributed by atoms with Crippen molar-refractivity contribution in [1.29, 1.82) is 0 Å². The molecule has 3 N–H and O–H groups in total. The Morgan fingerprint density at radius 3 is 2.33 bits per heavy atom. The fraction of sp³-hybridized carbons (Fsp3) is 0.0476. The summed E-state index contributed by atoms with van der Waals surface area (Å²) in [6, 6.07) is 23.4. The largest absolute Gasteiger partial charge is 0.455 e. The predicted octanol–water partition coefficient (Wildman–Crippen LogP) is 4.96. The summed E-state index contributed by atoms with van der Waals surface area (Å²) in [6.45, 7) is 0. The lowest BCUT2D eigenvalue weighted by molar-refractivity contribution is 0.102. The molecule has 0 fully saturated rings. The quantitative estimate of drug-likeness (QED) is 0.361. The summed E-state index contributed by atoms with van der Waals surface area (Å²) in [4.78, 5) is 16.7. The van der Waals surface area contributed by atoms with Crippen molar-refractivity contribution >= 4 is 34.7 Å². The summed E-state index contributed by atoms with van der Waals surface area (Å²) in [7, 11) is 0. The summed E-state index contributed by atoms with van der Waals surface area (Å²) in [5, 5.41) is 2.87. The van der Waals surface area contributed by atoms with Crippen LogP contribution in [0.4, 0.5) is 11.4 Å². The fourth-order valence-electron chi connectivity index (χ4n) is 2.35. The number of alkyl halides is 1. The Balaban J connectivity index is 1.74. The van der Waals surface area contributed by atoms with Gasteiger partial charge in [0.15, 0.2) is 5.75 Å². The second-order valence-electron chi connectivity index (χ2n) is 5.65. The third-order valence-corrected chi connectivity index (χ3v) is 3.92. The molecule has 0 atom stereocenters. The molecule has 1 amide bonds. The van der Waals surface area contributed by atoms with Gasteiger partial charge in [-0.05, 0) is 48.5 Å². The van der Waals surface area contributed by atoms with Gasteiger partial charge < -0.3 is 15.8 Å². The van der Waals surface area contributed by atoms with Crippen LogP contribution in [0.1, 0.15) is 10.4 Å². The SMILES string of the molecule is NC(CCl)=Nc1ccc(C(=O)Nc2ccccc2Oc2ccccc2)cc1. The average Bonchev–Trinajstić information content (AvgIpc) is 2.70. The fourth-order valence-corrected chi connectivity index (χ4v) is 2.41. The number of amides is 1. The van der Waals surface area contributed by atoms with Crippen LogP contribution in [-0.2, 0) is 0 Å². The Morgan fingerprint density at radius 1 is 0.963 bits per heavy atom. The van der Waals surface area contributed by atoms with E-state index in [1.807, 2.05) is 42.5 Å². The van der Waals surface area contributed by atoms with E-state index in [0.29, 0.717) is 34.3 Å². The van der Waals surface area contributed by atoms with Crippen LogP contribution in [0.2, 0.25) is 0 Å². The molecule has 0 saturated heterocycles. The van der Waals surface area contributed by atoms with Crippen molar-refractivity contribution in [3.05, 3.63) is 84.4 Å². The average molecular weight is 380 g/mol. The van der Waals surface area contributed by atoms with Gasteiger partial charge in [0.05, 0.1) is 17.3 Å². The number of nitrogens with one attached hydrogen (secondary N) is 1. The molecule has 0 spiro atoms. The van der Waals surface area contributed by atoms with Crippen molar-refractivity contribution in [3.8, 4) is 11.5 Å². The molecule has 0 aliphatic heterocycles. The highest BCUT2D eigenvalue weighted by Gasteiger charge is 2.10. The van der Waals surface area contributed by atoms with Crippen LogP contribution in [0, 0.1) is 0 Å². The third kappa shape index (κ3) is 5.09. The van der Waals surface area contributed by atoms with Crippen LogP contribution in [0.3, 0.4) is 0 Å². The van der Waals surface area contributed by atoms with Gasteiger partial charge in [-0.1, -0.05) is 30.3 Å². The Hall–Kier alpha value is -3.31. The van der Waals surface area contributed by atoms with E-state index in [9.17, 15) is 4.79 Å². The summed E-state index contributed by atoms with van der Waals surface area (Å²) < 4.78 is 5.86. The molecule has 0 aromatic heterocycles. The molecular weight excluding hydrogens is 362 g/mol. The van der Waals surface area contributed by atoms with Gasteiger partial charge in [-0.3, -0.25) is 4.79 Å². The number of benzene rings is 3. The number of nitrogens with zero attached hydrogens (tertiary/aromatic N) is 1. The lowest BCUT2D eigenvalue weighted by Crippen LogP contribution is -2.13. The van der Waals surface area contributed by atoms with Gasteiger partial charge in [0.2, 0.25) is 0 Å². The van der Waals surface area contributed by atoms with Gasteiger partial charge >= 0.3 is 0 Å². The van der Waals surface area contributed by atoms with Crippen LogP contribution in [0.5, 0.6) is 11.5 Å². The molecular formula is C21H18ClN3O2. The molecule has 3 rings (SSSR count). The molecule has 0 aliphatic rings. The monoisotopic (exact) mass is 379 g/mol. The van der Waals surface area contributed by atoms with Crippen LogP contribution in [0.15, 0.2) is 83.9 Å². The molecule has 0 saturated carbocycles. The molecule has 0 heterocycles. The Morgan fingerprint density at radius 2 is 1.63 bits per heavy atom.